The quantitative estimate of drug-likeness (QED) is 0.250. The number of hydrogen-bond donors (Lipinski definition) is 4. The molecule has 1 radical (unpaired) electrons. The molecule has 8 nitrogen and oxygen atoms in total. The maximum atomic E-state index is 12.6. The third kappa shape index (κ3) is 5.82. The van der Waals surface area contributed by atoms with Crippen molar-refractivity contribution in [1.82, 2.24) is 0 Å². The van der Waals surface area contributed by atoms with E-state index >= 15 is 0 Å². The number of anilines is 2. The van der Waals surface area contributed by atoms with Crippen molar-refractivity contribution in [2.75, 3.05) is 10.6 Å². The molecule has 0 heterocycles. The summed E-state index contributed by atoms with van der Waals surface area (Å²) < 4.78 is 32.0. The molecule has 0 saturated heterocycles. The molecule has 34 heavy (non-hydrogen) atoms. The van der Waals surface area contributed by atoms with Crippen LogP contribution < -0.4 is 10.6 Å². The number of benzene rings is 4. The summed E-state index contributed by atoms with van der Waals surface area (Å²) in [6, 6.07) is 21.8. The summed E-state index contributed by atoms with van der Waals surface area (Å²) >= 11 is 0. The van der Waals surface area contributed by atoms with E-state index in [1.807, 2.05) is 6.07 Å². The zero-order valence-corrected chi connectivity index (χ0v) is 20.8. The van der Waals surface area contributed by atoms with Crippen LogP contribution >= 0.6 is 0 Å². The number of rotatable bonds is 5. The van der Waals surface area contributed by atoms with Gasteiger partial charge in [0, 0.05) is 63.5 Å². The van der Waals surface area contributed by atoms with E-state index in [0.29, 0.717) is 33.3 Å². The fraction of sp³-hybridized carbons (Fsp3) is 0. The zero-order valence-electron chi connectivity index (χ0n) is 18.0. The number of phenols is 1. The molecule has 4 aromatic rings. The summed E-state index contributed by atoms with van der Waals surface area (Å²) in [6.45, 7) is 0. The van der Waals surface area contributed by atoms with Gasteiger partial charge in [0.2, 0.25) is 0 Å². The molecule has 167 valence electrons. The molecule has 4 aromatic carbocycles. The van der Waals surface area contributed by atoms with Gasteiger partial charge in [-0.2, -0.15) is 8.42 Å². The predicted molar refractivity (Wildman–Crippen MR) is 130 cm³/mol. The standard InChI is InChI=1S/C24H18N2O6S.Na/c27-22-14-20(33(30,31)32)13-17-12-19(10-11-21(17)22)26-24(29)16-6-8-18(9-7-16)25-23(28)15-4-2-1-3-5-15;/h1-14,27H,(H,25,28)(H,26,29)(H,30,31,32);. The van der Waals surface area contributed by atoms with E-state index in [2.05, 4.69) is 10.6 Å². The van der Waals surface area contributed by atoms with Gasteiger partial charge in [0.25, 0.3) is 21.9 Å². The van der Waals surface area contributed by atoms with Gasteiger partial charge < -0.3 is 15.7 Å². The Morgan fingerprint density at radius 1 is 0.706 bits per heavy atom. The van der Waals surface area contributed by atoms with Crippen LogP contribution in [-0.4, -0.2) is 59.4 Å². The van der Waals surface area contributed by atoms with Crippen molar-refractivity contribution >= 4 is 73.6 Å². The van der Waals surface area contributed by atoms with Crippen LogP contribution in [0.3, 0.4) is 0 Å². The van der Waals surface area contributed by atoms with Gasteiger partial charge >= 0.3 is 0 Å². The monoisotopic (exact) mass is 485 g/mol. The van der Waals surface area contributed by atoms with E-state index in [9.17, 15) is 27.7 Å². The van der Waals surface area contributed by atoms with Crippen LogP contribution in [0.4, 0.5) is 11.4 Å². The van der Waals surface area contributed by atoms with Gasteiger partial charge in [-0.3, -0.25) is 14.1 Å². The Kier molecular flexibility index (Phi) is 7.75. The molecule has 0 bridgehead atoms. The van der Waals surface area contributed by atoms with Crippen LogP contribution in [0, 0.1) is 0 Å². The minimum Gasteiger partial charge on any atom is -0.507 e. The molecular formula is C24H18N2NaO6S. The summed E-state index contributed by atoms with van der Waals surface area (Å²) in [5, 5.41) is 16.2. The Bertz CT molecular complexity index is 1470. The molecule has 0 unspecified atom stereocenters. The fourth-order valence-corrected chi connectivity index (χ4v) is 3.79. The number of aromatic hydroxyl groups is 1. The van der Waals surface area contributed by atoms with Crippen LogP contribution in [-0.2, 0) is 10.1 Å². The van der Waals surface area contributed by atoms with Crippen molar-refractivity contribution in [3.05, 3.63) is 96.1 Å². The Labute approximate surface area is 217 Å². The van der Waals surface area contributed by atoms with Crippen LogP contribution in [0.1, 0.15) is 20.7 Å². The molecular weight excluding hydrogens is 467 g/mol. The van der Waals surface area contributed by atoms with E-state index in [4.69, 9.17) is 0 Å². The fourth-order valence-electron chi connectivity index (χ4n) is 3.25. The summed E-state index contributed by atoms with van der Waals surface area (Å²) in [5.41, 5.74) is 1.74. The molecule has 0 spiro atoms. The average molecular weight is 485 g/mol. The molecule has 0 atom stereocenters. The van der Waals surface area contributed by atoms with Gasteiger partial charge in [0.1, 0.15) is 5.75 Å². The first-order chi connectivity index (χ1) is 15.7. The second kappa shape index (κ2) is 10.4. The molecule has 0 aliphatic heterocycles. The van der Waals surface area contributed by atoms with E-state index in [-0.39, 0.29) is 41.2 Å². The Hall–Kier alpha value is -3.21. The number of amides is 2. The molecule has 4 N–H and O–H groups in total. The van der Waals surface area contributed by atoms with Gasteiger partial charge in [0.05, 0.1) is 4.90 Å². The Balaban J connectivity index is 0.00000324. The topological polar surface area (TPSA) is 133 Å². The SMILES string of the molecule is O=C(Nc1ccc(C(=O)Nc2ccc3c(O)cc(S(=O)(=O)O)cc3c2)cc1)c1ccccc1.[Na]. The maximum absolute atomic E-state index is 12.6. The minimum absolute atomic E-state index is 0. The molecule has 0 aliphatic carbocycles. The second-order valence-electron chi connectivity index (χ2n) is 7.21. The van der Waals surface area contributed by atoms with Gasteiger partial charge in [-0.15, -0.1) is 0 Å². The first kappa shape index (κ1) is 25.4. The van der Waals surface area contributed by atoms with Gasteiger partial charge in [-0.05, 0) is 66.0 Å². The second-order valence-corrected chi connectivity index (χ2v) is 8.63. The van der Waals surface area contributed by atoms with Crippen LogP contribution in [0.15, 0.2) is 89.8 Å². The van der Waals surface area contributed by atoms with E-state index in [1.165, 1.54) is 18.2 Å². The Morgan fingerprint density at radius 2 is 1.26 bits per heavy atom. The number of phenolic OH excluding ortho intramolecular Hbond substituents is 1. The van der Waals surface area contributed by atoms with Crippen molar-refractivity contribution in [3.8, 4) is 5.75 Å². The van der Waals surface area contributed by atoms with Gasteiger partial charge in [-0.25, -0.2) is 0 Å². The number of nitrogens with one attached hydrogen (secondary N) is 2. The van der Waals surface area contributed by atoms with Crippen molar-refractivity contribution < 1.29 is 27.7 Å². The zero-order chi connectivity index (χ0) is 23.6. The number of carbonyl (C=O) groups is 2. The van der Waals surface area contributed by atoms with Crippen molar-refractivity contribution in [1.29, 1.82) is 0 Å². The van der Waals surface area contributed by atoms with E-state index < -0.39 is 20.9 Å². The van der Waals surface area contributed by atoms with E-state index in [1.54, 1.807) is 54.6 Å². The Morgan fingerprint density at radius 3 is 1.88 bits per heavy atom. The normalized spacial score (nSPS) is 10.9. The largest absolute Gasteiger partial charge is 0.507 e. The van der Waals surface area contributed by atoms with Crippen molar-refractivity contribution in [3.63, 3.8) is 0 Å². The van der Waals surface area contributed by atoms with Crippen LogP contribution in [0.25, 0.3) is 10.8 Å². The molecule has 0 saturated carbocycles. The molecule has 4 rings (SSSR count). The van der Waals surface area contributed by atoms with Gasteiger partial charge in [-0.1, -0.05) is 18.2 Å². The third-order valence-corrected chi connectivity index (χ3v) is 5.73. The maximum Gasteiger partial charge on any atom is 0.294 e. The summed E-state index contributed by atoms with van der Waals surface area (Å²) in [6.07, 6.45) is 0. The van der Waals surface area contributed by atoms with Crippen LogP contribution in [0.5, 0.6) is 5.75 Å². The number of fused-ring (bicyclic) bond motifs is 1. The summed E-state index contributed by atoms with van der Waals surface area (Å²) in [7, 11) is -4.50. The number of hydrogen-bond acceptors (Lipinski definition) is 5. The van der Waals surface area contributed by atoms with E-state index in [0.717, 1.165) is 6.07 Å². The summed E-state index contributed by atoms with van der Waals surface area (Å²) in [5.74, 6) is -1.01. The van der Waals surface area contributed by atoms with Crippen LogP contribution in [0.2, 0.25) is 0 Å². The average Bonchev–Trinajstić information content (AvgIpc) is 2.79. The smallest absolute Gasteiger partial charge is 0.294 e. The molecule has 0 fully saturated rings. The van der Waals surface area contributed by atoms with Crippen molar-refractivity contribution in [2.24, 2.45) is 0 Å². The third-order valence-electron chi connectivity index (χ3n) is 4.90. The van der Waals surface area contributed by atoms with Crippen molar-refractivity contribution in [2.45, 2.75) is 4.90 Å². The molecule has 10 heteroatoms. The molecule has 0 aliphatic rings. The molecule has 2 amide bonds. The number of carbonyl (C=O) groups excluding carboxylic acids is 2. The summed E-state index contributed by atoms with van der Waals surface area (Å²) in [4.78, 5) is 24.4. The predicted octanol–water partition coefficient (Wildman–Crippen LogP) is 3.92. The minimum atomic E-state index is -4.50. The first-order valence-electron chi connectivity index (χ1n) is 9.73. The molecule has 0 aromatic heterocycles. The van der Waals surface area contributed by atoms with Gasteiger partial charge in [0.15, 0.2) is 0 Å². The first-order valence-corrected chi connectivity index (χ1v) is 11.2.